The number of nitrogens with one attached hydrogen (secondary N) is 1. The molecule has 6 nitrogen and oxygen atoms in total. The molecule has 4 aromatic rings. The standard InChI is InChI=1S/C28H24IN3O3/c29-20-10-12-21(13-11-20)30-26(33)18-35-28(34)27-22-8-4-5-9-24(22)31-25-14-15-32(17-23(25)27)16-19-6-2-1-3-7-19/h1-13H,14-18H2,(H,30,33). The number of aromatic nitrogens is 1. The first kappa shape index (κ1) is 23.4. The third-order valence-electron chi connectivity index (χ3n) is 6.04. The molecule has 1 N–H and O–H groups in total. The minimum Gasteiger partial charge on any atom is -0.452 e. The van der Waals surface area contributed by atoms with E-state index in [9.17, 15) is 9.59 Å². The fourth-order valence-electron chi connectivity index (χ4n) is 4.39. The zero-order chi connectivity index (χ0) is 24.2. The van der Waals surface area contributed by atoms with Gasteiger partial charge in [0, 0.05) is 52.0 Å². The molecule has 0 atom stereocenters. The fraction of sp³-hybridized carbons (Fsp3) is 0.179. The molecule has 1 amide bonds. The third-order valence-corrected chi connectivity index (χ3v) is 6.76. The molecule has 0 unspecified atom stereocenters. The Morgan fingerprint density at radius 1 is 0.971 bits per heavy atom. The Bertz CT molecular complexity index is 1370. The number of carbonyl (C=O) groups excluding carboxylic acids is 2. The number of anilines is 1. The molecule has 5 rings (SSSR count). The van der Waals surface area contributed by atoms with Gasteiger partial charge in [-0.2, -0.15) is 0 Å². The molecule has 35 heavy (non-hydrogen) atoms. The molecule has 1 aromatic heterocycles. The maximum absolute atomic E-state index is 13.3. The van der Waals surface area contributed by atoms with E-state index in [1.165, 1.54) is 5.56 Å². The molecule has 2 heterocycles. The van der Waals surface area contributed by atoms with Crippen LogP contribution in [-0.2, 0) is 29.0 Å². The van der Waals surface area contributed by atoms with Crippen LogP contribution >= 0.6 is 22.6 Å². The van der Waals surface area contributed by atoms with Gasteiger partial charge in [-0.05, 0) is 58.5 Å². The third kappa shape index (κ3) is 5.52. The monoisotopic (exact) mass is 577 g/mol. The van der Waals surface area contributed by atoms with E-state index >= 15 is 0 Å². The molecular formula is C28H24IN3O3. The Balaban J connectivity index is 1.37. The molecule has 0 fully saturated rings. The van der Waals surface area contributed by atoms with E-state index in [1.54, 1.807) is 0 Å². The van der Waals surface area contributed by atoms with Crippen LogP contribution in [0.4, 0.5) is 5.69 Å². The van der Waals surface area contributed by atoms with Crippen molar-refractivity contribution < 1.29 is 14.3 Å². The van der Waals surface area contributed by atoms with E-state index in [1.807, 2.05) is 66.7 Å². The van der Waals surface area contributed by atoms with Crippen molar-refractivity contribution in [3.05, 3.63) is 105 Å². The normalized spacial score (nSPS) is 13.3. The predicted octanol–water partition coefficient (Wildman–Crippen LogP) is 5.19. The number of amides is 1. The van der Waals surface area contributed by atoms with Crippen molar-refractivity contribution in [3.8, 4) is 0 Å². The summed E-state index contributed by atoms with van der Waals surface area (Å²) >= 11 is 2.20. The number of halogens is 1. The molecule has 0 radical (unpaired) electrons. The topological polar surface area (TPSA) is 71.5 Å². The number of esters is 1. The van der Waals surface area contributed by atoms with E-state index in [-0.39, 0.29) is 12.5 Å². The minimum atomic E-state index is -0.501. The van der Waals surface area contributed by atoms with Crippen molar-refractivity contribution in [3.63, 3.8) is 0 Å². The zero-order valence-corrected chi connectivity index (χ0v) is 21.2. The first-order valence-electron chi connectivity index (χ1n) is 11.5. The summed E-state index contributed by atoms with van der Waals surface area (Å²) in [6.07, 6.45) is 0.751. The Morgan fingerprint density at radius 2 is 1.71 bits per heavy atom. The summed E-state index contributed by atoms with van der Waals surface area (Å²) in [4.78, 5) is 32.9. The van der Waals surface area contributed by atoms with E-state index in [4.69, 9.17) is 9.72 Å². The first-order chi connectivity index (χ1) is 17.1. The zero-order valence-electron chi connectivity index (χ0n) is 19.0. The molecule has 3 aromatic carbocycles. The van der Waals surface area contributed by atoms with Gasteiger partial charge in [0.1, 0.15) is 0 Å². The highest BCUT2D eigenvalue weighted by Gasteiger charge is 2.27. The highest BCUT2D eigenvalue weighted by atomic mass is 127. The van der Waals surface area contributed by atoms with Crippen molar-refractivity contribution in [2.24, 2.45) is 0 Å². The number of carbonyl (C=O) groups is 2. The average molecular weight is 577 g/mol. The van der Waals surface area contributed by atoms with Crippen molar-refractivity contribution >= 4 is 51.1 Å². The molecule has 0 bridgehead atoms. The number of rotatable bonds is 6. The van der Waals surface area contributed by atoms with Crippen LogP contribution in [0.25, 0.3) is 10.9 Å². The number of fused-ring (bicyclic) bond motifs is 2. The number of hydrogen-bond donors (Lipinski definition) is 1. The smallest absolute Gasteiger partial charge is 0.339 e. The van der Waals surface area contributed by atoms with E-state index in [0.29, 0.717) is 17.8 Å². The van der Waals surface area contributed by atoms with Crippen LogP contribution < -0.4 is 5.32 Å². The Kier molecular flexibility index (Phi) is 7.06. The second-order valence-corrected chi connectivity index (χ2v) is 9.75. The van der Waals surface area contributed by atoms with Crippen LogP contribution in [0.3, 0.4) is 0 Å². The number of nitrogens with zero attached hydrogens (tertiary/aromatic N) is 2. The van der Waals surface area contributed by atoms with Crippen LogP contribution in [0, 0.1) is 3.57 Å². The molecular weight excluding hydrogens is 553 g/mol. The van der Waals surface area contributed by atoms with Gasteiger partial charge < -0.3 is 10.1 Å². The Hall–Kier alpha value is -3.30. The summed E-state index contributed by atoms with van der Waals surface area (Å²) in [6, 6.07) is 25.3. The molecule has 0 spiro atoms. The lowest BCUT2D eigenvalue weighted by atomic mass is 9.95. The van der Waals surface area contributed by atoms with E-state index in [2.05, 4.69) is 44.9 Å². The first-order valence-corrected chi connectivity index (χ1v) is 12.5. The number of hydrogen-bond acceptors (Lipinski definition) is 5. The second-order valence-electron chi connectivity index (χ2n) is 8.51. The summed E-state index contributed by atoms with van der Waals surface area (Å²) in [7, 11) is 0. The van der Waals surface area contributed by atoms with E-state index < -0.39 is 5.97 Å². The Labute approximate surface area is 217 Å². The summed E-state index contributed by atoms with van der Waals surface area (Å²) in [5.74, 6) is -0.878. The van der Waals surface area contributed by atoms with Gasteiger partial charge in [0.2, 0.25) is 0 Å². The van der Waals surface area contributed by atoms with Crippen LogP contribution in [0.1, 0.15) is 27.2 Å². The lowest BCUT2D eigenvalue weighted by Crippen LogP contribution is -2.32. The maximum atomic E-state index is 13.3. The molecule has 7 heteroatoms. The van der Waals surface area contributed by atoms with Gasteiger partial charge in [0.25, 0.3) is 5.91 Å². The summed E-state index contributed by atoms with van der Waals surface area (Å²) in [6.45, 7) is 1.89. The number of pyridine rings is 1. The van der Waals surface area contributed by atoms with Crippen molar-refractivity contribution in [1.82, 2.24) is 9.88 Å². The van der Waals surface area contributed by atoms with Gasteiger partial charge in [-0.25, -0.2) is 4.79 Å². The van der Waals surface area contributed by atoms with Gasteiger partial charge in [-0.15, -0.1) is 0 Å². The molecule has 176 valence electrons. The molecule has 0 aliphatic carbocycles. The average Bonchev–Trinajstić information content (AvgIpc) is 2.88. The van der Waals surface area contributed by atoms with Crippen LogP contribution in [0.15, 0.2) is 78.9 Å². The summed E-state index contributed by atoms with van der Waals surface area (Å²) < 4.78 is 6.59. The van der Waals surface area contributed by atoms with E-state index in [0.717, 1.165) is 45.2 Å². The maximum Gasteiger partial charge on any atom is 0.339 e. The van der Waals surface area contributed by atoms with Crippen molar-refractivity contribution in [1.29, 1.82) is 0 Å². The minimum absolute atomic E-state index is 0.357. The van der Waals surface area contributed by atoms with Crippen LogP contribution in [0.5, 0.6) is 0 Å². The van der Waals surface area contributed by atoms with Crippen molar-refractivity contribution in [2.75, 3.05) is 18.5 Å². The lowest BCUT2D eigenvalue weighted by Gasteiger charge is -2.30. The van der Waals surface area contributed by atoms with Gasteiger partial charge in [-0.1, -0.05) is 48.5 Å². The van der Waals surface area contributed by atoms with Crippen LogP contribution in [0.2, 0.25) is 0 Å². The number of para-hydroxylation sites is 1. The van der Waals surface area contributed by atoms with Gasteiger partial charge >= 0.3 is 5.97 Å². The van der Waals surface area contributed by atoms with Gasteiger partial charge in [0.15, 0.2) is 6.61 Å². The number of ether oxygens (including phenoxy) is 1. The van der Waals surface area contributed by atoms with Gasteiger partial charge in [-0.3, -0.25) is 14.7 Å². The number of benzene rings is 3. The molecule has 1 aliphatic rings. The predicted molar refractivity (Wildman–Crippen MR) is 144 cm³/mol. The second kappa shape index (κ2) is 10.5. The molecule has 1 aliphatic heterocycles. The lowest BCUT2D eigenvalue weighted by molar-refractivity contribution is -0.119. The molecule has 0 saturated heterocycles. The van der Waals surface area contributed by atoms with Gasteiger partial charge in [0.05, 0.1) is 11.1 Å². The molecule has 0 saturated carbocycles. The summed E-state index contributed by atoms with van der Waals surface area (Å²) in [5.41, 5.74) is 4.96. The Morgan fingerprint density at radius 3 is 2.51 bits per heavy atom. The summed E-state index contributed by atoms with van der Waals surface area (Å²) in [5, 5.41) is 3.52. The largest absolute Gasteiger partial charge is 0.452 e. The quantitative estimate of drug-likeness (QED) is 0.252. The fourth-order valence-corrected chi connectivity index (χ4v) is 4.75. The van der Waals surface area contributed by atoms with Crippen molar-refractivity contribution in [2.45, 2.75) is 19.5 Å². The van der Waals surface area contributed by atoms with Crippen LogP contribution in [-0.4, -0.2) is 34.9 Å². The highest BCUT2D eigenvalue weighted by Crippen LogP contribution is 2.29. The SMILES string of the molecule is O=C(COC(=O)c1c2c(nc3ccccc13)CCN(Cc1ccccc1)C2)Nc1ccc(I)cc1. The highest BCUT2D eigenvalue weighted by molar-refractivity contribution is 14.1.